The molecule has 31 heavy (non-hydrogen) atoms. The minimum atomic E-state index is -0.706. The van der Waals surface area contributed by atoms with Crippen LogP contribution in [0.25, 0.3) is 0 Å². The van der Waals surface area contributed by atoms with E-state index >= 15 is 0 Å². The largest absolute Gasteiger partial charge is 0.341 e. The molecule has 0 saturated carbocycles. The molecule has 2 aromatic carbocycles. The number of hydrogen-bond acceptors (Lipinski definition) is 3. The van der Waals surface area contributed by atoms with Gasteiger partial charge in [-0.05, 0) is 36.5 Å². The SMILES string of the molecule is CC(C)CC(=O)NC(C(=O)N1CCC(C(=O)Nc2ccccc2)CC1)c1ccccc1. The summed E-state index contributed by atoms with van der Waals surface area (Å²) in [6.45, 7) is 4.94. The van der Waals surface area contributed by atoms with Gasteiger partial charge in [0.1, 0.15) is 6.04 Å². The zero-order chi connectivity index (χ0) is 22.2. The molecule has 3 rings (SSSR count). The van der Waals surface area contributed by atoms with Crippen molar-refractivity contribution in [2.24, 2.45) is 11.8 Å². The predicted octanol–water partition coefficient (Wildman–Crippen LogP) is 3.77. The second kappa shape index (κ2) is 10.8. The first-order valence-corrected chi connectivity index (χ1v) is 10.9. The van der Waals surface area contributed by atoms with Gasteiger partial charge in [-0.2, -0.15) is 0 Å². The Labute approximate surface area is 184 Å². The summed E-state index contributed by atoms with van der Waals surface area (Å²) in [4.78, 5) is 40.0. The molecule has 2 N–H and O–H groups in total. The lowest BCUT2D eigenvalue weighted by Gasteiger charge is -2.34. The Kier molecular flexibility index (Phi) is 7.82. The van der Waals surface area contributed by atoms with Crippen molar-refractivity contribution in [3.05, 3.63) is 66.2 Å². The fraction of sp³-hybridized carbons (Fsp3) is 0.400. The van der Waals surface area contributed by atoms with Gasteiger partial charge in [0.15, 0.2) is 0 Å². The molecule has 1 heterocycles. The minimum Gasteiger partial charge on any atom is -0.341 e. The van der Waals surface area contributed by atoms with Crippen LogP contribution in [0.1, 0.15) is 44.7 Å². The first-order chi connectivity index (χ1) is 14.9. The Morgan fingerprint density at radius 1 is 0.935 bits per heavy atom. The molecular formula is C25H31N3O3. The summed E-state index contributed by atoms with van der Waals surface area (Å²) in [5, 5.41) is 5.87. The van der Waals surface area contributed by atoms with Gasteiger partial charge in [0.25, 0.3) is 0 Å². The first kappa shape index (κ1) is 22.5. The number of nitrogens with one attached hydrogen (secondary N) is 2. The second-order valence-electron chi connectivity index (χ2n) is 8.46. The summed E-state index contributed by atoms with van der Waals surface area (Å²) in [5.41, 5.74) is 1.55. The fourth-order valence-corrected chi connectivity index (χ4v) is 3.83. The van der Waals surface area contributed by atoms with Gasteiger partial charge in [0.2, 0.25) is 17.7 Å². The molecular weight excluding hydrogens is 390 g/mol. The number of nitrogens with zero attached hydrogens (tertiary/aromatic N) is 1. The van der Waals surface area contributed by atoms with Gasteiger partial charge < -0.3 is 15.5 Å². The molecule has 1 aliphatic heterocycles. The van der Waals surface area contributed by atoms with Gasteiger partial charge >= 0.3 is 0 Å². The van der Waals surface area contributed by atoms with Gasteiger partial charge in [0, 0.05) is 31.1 Å². The number of para-hydroxylation sites is 1. The summed E-state index contributed by atoms with van der Waals surface area (Å²) >= 11 is 0. The molecule has 0 radical (unpaired) electrons. The highest BCUT2D eigenvalue weighted by Gasteiger charge is 2.32. The molecule has 0 aromatic heterocycles. The Bertz CT molecular complexity index is 875. The standard InChI is InChI=1S/C25H31N3O3/c1-18(2)17-22(29)27-23(19-9-5-3-6-10-19)25(31)28-15-13-20(14-16-28)24(30)26-21-11-7-4-8-12-21/h3-12,18,20,23H,13-17H2,1-2H3,(H,26,30)(H,27,29). The zero-order valence-electron chi connectivity index (χ0n) is 18.2. The molecule has 6 nitrogen and oxygen atoms in total. The summed E-state index contributed by atoms with van der Waals surface area (Å²) in [6.07, 6.45) is 1.58. The third-order valence-corrected chi connectivity index (χ3v) is 5.50. The molecule has 6 heteroatoms. The van der Waals surface area contributed by atoms with Gasteiger partial charge in [-0.25, -0.2) is 0 Å². The van der Waals surface area contributed by atoms with Crippen LogP contribution >= 0.6 is 0 Å². The average Bonchev–Trinajstić information content (AvgIpc) is 2.78. The summed E-state index contributed by atoms with van der Waals surface area (Å²) < 4.78 is 0. The van der Waals surface area contributed by atoms with E-state index in [-0.39, 0.29) is 29.6 Å². The van der Waals surface area contributed by atoms with Gasteiger partial charge in [-0.15, -0.1) is 0 Å². The number of piperidine rings is 1. The molecule has 164 valence electrons. The lowest BCUT2D eigenvalue weighted by molar-refractivity contribution is -0.139. The van der Waals surface area contributed by atoms with E-state index in [2.05, 4.69) is 10.6 Å². The molecule has 1 aliphatic rings. The van der Waals surface area contributed by atoms with E-state index in [1.54, 1.807) is 4.90 Å². The Hall–Kier alpha value is -3.15. The maximum Gasteiger partial charge on any atom is 0.249 e. The third-order valence-electron chi connectivity index (χ3n) is 5.50. The monoisotopic (exact) mass is 421 g/mol. The van der Waals surface area contributed by atoms with Crippen molar-refractivity contribution < 1.29 is 14.4 Å². The van der Waals surface area contributed by atoms with E-state index in [4.69, 9.17) is 0 Å². The number of amides is 3. The number of carbonyl (C=O) groups excluding carboxylic acids is 3. The summed E-state index contributed by atoms with van der Waals surface area (Å²) in [6, 6.07) is 18.0. The van der Waals surface area contributed by atoms with Crippen molar-refractivity contribution in [1.29, 1.82) is 0 Å². The van der Waals surface area contributed by atoms with Crippen molar-refractivity contribution in [2.75, 3.05) is 18.4 Å². The Morgan fingerprint density at radius 3 is 2.10 bits per heavy atom. The highest BCUT2D eigenvalue weighted by Crippen LogP contribution is 2.23. The number of likely N-dealkylation sites (tertiary alicyclic amines) is 1. The van der Waals surface area contributed by atoms with E-state index in [9.17, 15) is 14.4 Å². The van der Waals surface area contributed by atoms with Crippen molar-refractivity contribution >= 4 is 23.4 Å². The number of hydrogen-bond donors (Lipinski definition) is 2. The lowest BCUT2D eigenvalue weighted by Crippen LogP contribution is -2.47. The Morgan fingerprint density at radius 2 is 1.52 bits per heavy atom. The van der Waals surface area contributed by atoms with Crippen LogP contribution in [0.4, 0.5) is 5.69 Å². The van der Waals surface area contributed by atoms with Crippen LogP contribution in [0, 0.1) is 11.8 Å². The van der Waals surface area contributed by atoms with Crippen molar-refractivity contribution in [2.45, 2.75) is 39.2 Å². The summed E-state index contributed by atoms with van der Waals surface area (Å²) in [5.74, 6) is -0.178. The molecule has 2 aromatic rings. The van der Waals surface area contributed by atoms with Gasteiger partial charge in [-0.1, -0.05) is 62.4 Å². The topological polar surface area (TPSA) is 78.5 Å². The van der Waals surface area contributed by atoms with Crippen LogP contribution in [0.3, 0.4) is 0 Å². The Balaban J connectivity index is 1.62. The lowest BCUT2D eigenvalue weighted by atomic mass is 9.94. The zero-order valence-corrected chi connectivity index (χ0v) is 18.2. The average molecular weight is 422 g/mol. The van der Waals surface area contributed by atoms with E-state index in [1.807, 2.05) is 74.5 Å². The van der Waals surface area contributed by atoms with Crippen molar-refractivity contribution in [3.8, 4) is 0 Å². The van der Waals surface area contributed by atoms with Gasteiger partial charge in [-0.3, -0.25) is 14.4 Å². The highest BCUT2D eigenvalue weighted by molar-refractivity contribution is 5.93. The molecule has 3 amide bonds. The van der Waals surface area contributed by atoms with Crippen LogP contribution in [0.2, 0.25) is 0 Å². The summed E-state index contributed by atoms with van der Waals surface area (Å²) in [7, 11) is 0. The highest BCUT2D eigenvalue weighted by atomic mass is 16.2. The molecule has 1 unspecified atom stereocenters. The van der Waals surface area contributed by atoms with Gasteiger partial charge in [0.05, 0.1) is 0 Å². The molecule has 0 spiro atoms. The number of benzene rings is 2. The normalized spacial score (nSPS) is 15.4. The van der Waals surface area contributed by atoms with Crippen LogP contribution in [0.15, 0.2) is 60.7 Å². The molecule has 1 atom stereocenters. The molecule has 1 fully saturated rings. The quantitative estimate of drug-likeness (QED) is 0.714. The maximum absolute atomic E-state index is 13.3. The first-order valence-electron chi connectivity index (χ1n) is 10.9. The predicted molar refractivity (Wildman–Crippen MR) is 121 cm³/mol. The molecule has 0 aliphatic carbocycles. The van der Waals surface area contributed by atoms with Crippen LogP contribution in [-0.4, -0.2) is 35.7 Å². The maximum atomic E-state index is 13.3. The fourth-order valence-electron chi connectivity index (χ4n) is 3.83. The van der Waals surface area contributed by atoms with E-state index in [0.717, 1.165) is 11.3 Å². The van der Waals surface area contributed by atoms with Crippen LogP contribution in [0.5, 0.6) is 0 Å². The van der Waals surface area contributed by atoms with Crippen LogP contribution < -0.4 is 10.6 Å². The molecule has 1 saturated heterocycles. The molecule has 0 bridgehead atoms. The smallest absolute Gasteiger partial charge is 0.249 e. The van der Waals surface area contributed by atoms with Crippen molar-refractivity contribution in [1.82, 2.24) is 10.2 Å². The van der Waals surface area contributed by atoms with E-state index in [1.165, 1.54) is 0 Å². The minimum absolute atomic E-state index is 0.0110. The number of anilines is 1. The van der Waals surface area contributed by atoms with E-state index < -0.39 is 6.04 Å². The number of carbonyl (C=O) groups is 3. The van der Waals surface area contributed by atoms with Crippen LogP contribution in [-0.2, 0) is 14.4 Å². The van der Waals surface area contributed by atoms with Crippen molar-refractivity contribution in [3.63, 3.8) is 0 Å². The third kappa shape index (κ3) is 6.41. The number of rotatable bonds is 7. The second-order valence-corrected chi connectivity index (χ2v) is 8.46. The van der Waals surface area contributed by atoms with E-state index in [0.29, 0.717) is 32.4 Å².